The molecule has 1 aromatic heterocycles. The number of aliphatic hydroxyl groups excluding tert-OH is 1. The zero-order chi connectivity index (χ0) is 12.0. The van der Waals surface area contributed by atoms with Crippen LogP contribution in [-0.2, 0) is 11.3 Å². The van der Waals surface area contributed by atoms with Gasteiger partial charge >= 0.3 is 0 Å². The van der Waals surface area contributed by atoms with Crippen molar-refractivity contribution in [3.63, 3.8) is 0 Å². The lowest BCUT2D eigenvalue weighted by molar-refractivity contribution is -0.133. The fourth-order valence-electron chi connectivity index (χ4n) is 1.48. The van der Waals surface area contributed by atoms with Gasteiger partial charge in [0, 0.05) is 25.2 Å². The van der Waals surface area contributed by atoms with Crippen LogP contribution in [0.25, 0.3) is 0 Å². The number of aromatic nitrogens is 3. The van der Waals surface area contributed by atoms with E-state index in [9.17, 15) is 4.79 Å². The van der Waals surface area contributed by atoms with E-state index < -0.39 is 0 Å². The Bertz CT molecular complexity index is 311. The largest absolute Gasteiger partial charge is 0.395 e. The first-order chi connectivity index (χ1) is 7.65. The molecule has 0 unspecified atom stereocenters. The quantitative estimate of drug-likeness (QED) is 0.735. The van der Waals surface area contributed by atoms with Crippen molar-refractivity contribution in [2.75, 3.05) is 13.2 Å². The van der Waals surface area contributed by atoms with E-state index in [-0.39, 0.29) is 18.6 Å². The first kappa shape index (κ1) is 12.6. The van der Waals surface area contributed by atoms with Gasteiger partial charge < -0.3 is 10.0 Å². The monoisotopic (exact) mass is 226 g/mol. The van der Waals surface area contributed by atoms with Crippen molar-refractivity contribution >= 4 is 5.91 Å². The molecular formula is C10H18N4O2. The molecule has 1 aromatic rings. The number of rotatable bonds is 6. The molecule has 0 aliphatic heterocycles. The predicted molar refractivity (Wildman–Crippen MR) is 58.6 cm³/mol. The first-order valence-corrected chi connectivity index (χ1v) is 5.39. The van der Waals surface area contributed by atoms with E-state index >= 15 is 0 Å². The summed E-state index contributed by atoms with van der Waals surface area (Å²) in [6.07, 6.45) is 3.68. The number of nitrogens with zero attached hydrogens (tertiary/aromatic N) is 4. The molecule has 0 aliphatic carbocycles. The van der Waals surface area contributed by atoms with Crippen LogP contribution in [0.4, 0.5) is 0 Å². The summed E-state index contributed by atoms with van der Waals surface area (Å²) in [7, 11) is 0. The minimum Gasteiger partial charge on any atom is -0.395 e. The fraction of sp³-hybridized carbons (Fsp3) is 0.700. The maximum Gasteiger partial charge on any atom is 0.224 e. The Kier molecular flexibility index (Phi) is 4.91. The fourth-order valence-corrected chi connectivity index (χ4v) is 1.48. The maximum atomic E-state index is 11.8. The van der Waals surface area contributed by atoms with Crippen LogP contribution in [0, 0.1) is 0 Å². The highest BCUT2D eigenvalue weighted by atomic mass is 16.3. The molecule has 16 heavy (non-hydrogen) atoms. The number of carbonyl (C=O) groups excluding carboxylic acids is 1. The zero-order valence-electron chi connectivity index (χ0n) is 9.70. The van der Waals surface area contributed by atoms with Gasteiger partial charge in [-0.15, -0.1) is 5.10 Å². The van der Waals surface area contributed by atoms with Crippen LogP contribution in [0.1, 0.15) is 20.3 Å². The van der Waals surface area contributed by atoms with Gasteiger partial charge in [-0.05, 0) is 13.8 Å². The third-order valence-electron chi connectivity index (χ3n) is 2.31. The molecule has 90 valence electrons. The molecular weight excluding hydrogens is 208 g/mol. The van der Waals surface area contributed by atoms with Crippen molar-refractivity contribution in [3.8, 4) is 0 Å². The van der Waals surface area contributed by atoms with Gasteiger partial charge in [-0.1, -0.05) is 5.21 Å². The zero-order valence-corrected chi connectivity index (χ0v) is 9.70. The molecule has 0 saturated heterocycles. The van der Waals surface area contributed by atoms with E-state index in [0.717, 1.165) is 0 Å². The van der Waals surface area contributed by atoms with Crippen LogP contribution in [0.2, 0.25) is 0 Å². The lowest BCUT2D eigenvalue weighted by Crippen LogP contribution is -2.39. The topological polar surface area (TPSA) is 71.2 Å². The van der Waals surface area contributed by atoms with E-state index in [4.69, 9.17) is 5.11 Å². The van der Waals surface area contributed by atoms with Crippen molar-refractivity contribution in [3.05, 3.63) is 12.4 Å². The lowest BCUT2D eigenvalue weighted by Gasteiger charge is -2.25. The summed E-state index contributed by atoms with van der Waals surface area (Å²) in [4.78, 5) is 13.5. The van der Waals surface area contributed by atoms with E-state index in [2.05, 4.69) is 10.3 Å². The van der Waals surface area contributed by atoms with Gasteiger partial charge in [0.2, 0.25) is 5.91 Å². The molecule has 0 radical (unpaired) electrons. The highest BCUT2D eigenvalue weighted by Gasteiger charge is 2.15. The Morgan fingerprint density at radius 1 is 1.56 bits per heavy atom. The van der Waals surface area contributed by atoms with Crippen molar-refractivity contribution in [2.45, 2.75) is 32.9 Å². The minimum absolute atomic E-state index is 0.00670. The molecule has 0 bridgehead atoms. The molecule has 0 fully saturated rings. The summed E-state index contributed by atoms with van der Waals surface area (Å²) < 4.78 is 1.62. The van der Waals surface area contributed by atoms with Crippen LogP contribution >= 0.6 is 0 Å². The SMILES string of the molecule is CC(C)N(CCO)C(=O)CCn1ccnn1. The van der Waals surface area contributed by atoms with Crippen LogP contribution in [0.3, 0.4) is 0 Å². The van der Waals surface area contributed by atoms with Crippen LogP contribution < -0.4 is 0 Å². The summed E-state index contributed by atoms with van der Waals surface area (Å²) in [5.41, 5.74) is 0. The maximum absolute atomic E-state index is 11.8. The van der Waals surface area contributed by atoms with E-state index in [0.29, 0.717) is 19.5 Å². The molecule has 1 rings (SSSR count). The Labute approximate surface area is 94.9 Å². The molecule has 0 atom stereocenters. The number of hydrogen-bond acceptors (Lipinski definition) is 4. The van der Waals surface area contributed by atoms with Crippen LogP contribution in [-0.4, -0.2) is 50.1 Å². The molecule has 6 nitrogen and oxygen atoms in total. The van der Waals surface area contributed by atoms with Gasteiger partial charge in [-0.25, -0.2) is 0 Å². The molecule has 1 heterocycles. The average molecular weight is 226 g/mol. The summed E-state index contributed by atoms with van der Waals surface area (Å²) in [5.74, 6) is 0.0274. The van der Waals surface area contributed by atoms with Gasteiger partial charge in [0.05, 0.1) is 19.3 Å². The van der Waals surface area contributed by atoms with Gasteiger partial charge in [0.25, 0.3) is 0 Å². The Hall–Kier alpha value is -1.43. The average Bonchev–Trinajstić information content (AvgIpc) is 2.75. The van der Waals surface area contributed by atoms with E-state index in [1.54, 1.807) is 22.0 Å². The molecule has 0 spiro atoms. The third kappa shape index (κ3) is 3.62. The van der Waals surface area contributed by atoms with Crippen molar-refractivity contribution in [1.29, 1.82) is 0 Å². The molecule has 0 aliphatic rings. The van der Waals surface area contributed by atoms with Crippen molar-refractivity contribution in [2.24, 2.45) is 0 Å². The molecule has 0 aromatic carbocycles. The Morgan fingerprint density at radius 3 is 2.81 bits per heavy atom. The second-order valence-corrected chi connectivity index (χ2v) is 3.82. The van der Waals surface area contributed by atoms with Crippen LogP contribution in [0.15, 0.2) is 12.4 Å². The summed E-state index contributed by atoms with van der Waals surface area (Å²) in [6.45, 7) is 4.76. The number of aryl methyl sites for hydroxylation is 1. The van der Waals surface area contributed by atoms with Gasteiger partial charge in [-0.2, -0.15) is 0 Å². The first-order valence-electron chi connectivity index (χ1n) is 5.39. The predicted octanol–water partition coefficient (Wildman–Crippen LogP) is -0.103. The summed E-state index contributed by atoms with van der Waals surface area (Å²) in [6, 6.07) is 0.107. The van der Waals surface area contributed by atoms with Crippen LogP contribution in [0.5, 0.6) is 0 Å². The Morgan fingerprint density at radius 2 is 2.31 bits per heavy atom. The molecule has 1 N–H and O–H groups in total. The number of carbonyl (C=O) groups is 1. The van der Waals surface area contributed by atoms with E-state index in [1.165, 1.54) is 0 Å². The minimum atomic E-state index is -0.00670. The smallest absolute Gasteiger partial charge is 0.224 e. The molecule has 0 saturated carbocycles. The molecule has 1 amide bonds. The van der Waals surface area contributed by atoms with Gasteiger partial charge in [0.1, 0.15) is 0 Å². The highest BCUT2D eigenvalue weighted by molar-refractivity contribution is 5.76. The van der Waals surface area contributed by atoms with Crippen molar-refractivity contribution in [1.82, 2.24) is 19.9 Å². The second-order valence-electron chi connectivity index (χ2n) is 3.82. The summed E-state index contributed by atoms with van der Waals surface area (Å²) in [5, 5.41) is 16.3. The van der Waals surface area contributed by atoms with E-state index in [1.807, 2.05) is 13.8 Å². The number of amides is 1. The Balaban J connectivity index is 2.43. The molecule has 6 heteroatoms. The second kappa shape index (κ2) is 6.22. The van der Waals surface area contributed by atoms with Crippen molar-refractivity contribution < 1.29 is 9.90 Å². The van der Waals surface area contributed by atoms with Gasteiger partial charge in [0.15, 0.2) is 0 Å². The summed E-state index contributed by atoms with van der Waals surface area (Å²) >= 11 is 0. The lowest BCUT2D eigenvalue weighted by atomic mass is 10.2. The highest BCUT2D eigenvalue weighted by Crippen LogP contribution is 2.02. The number of hydrogen-bond donors (Lipinski definition) is 1. The number of aliphatic hydroxyl groups is 1. The standard InChI is InChI=1S/C10H18N4O2/c1-9(2)14(7-8-15)10(16)3-5-13-6-4-11-12-13/h4,6,9,15H,3,5,7-8H2,1-2H3. The van der Waals surface area contributed by atoms with Gasteiger partial charge in [-0.3, -0.25) is 9.48 Å². The normalized spacial score (nSPS) is 10.8. The third-order valence-corrected chi connectivity index (χ3v) is 2.31.